The Morgan fingerprint density at radius 2 is 1.86 bits per heavy atom. The quantitative estimate of drug-likeness (QED) is 0.846. The van der Waals surface area contributed by atoms with E-state index in [-0.39, 0.29) is 11.8 Å². The Hall–Kier alpha value is -2.10. The number of hydrogen-bond acceptors (Lipinski definition) is 3. The molecular weight excluding hydrogens is 266 g/mol. The Labute approximate surface area is 126 Å². The highest BCUT2D eigenvalue weighted by Gasteiger charge is 2.18. The van der Waals surface area contributed by atoms with Crippen molar-refractivity contribution in [1.29, 1.82) is 0 Å². The van der Waals surface area contributed by atoms with Gasteiger partial charge < -0.3 is 10.1 Å². The first-order chi connectivity index (χ1) is 9.76. The van der Waals surface area contributed by atoms with Crippen LogP contribution < -0.4 is 5.32 Å². The number of ether oxygens (including phenoxy) is 1. The van der Waals surface area contributed by atoms with Crippen molar-refractivity contribution in [2.45, 2.75) is 45.8 Å². The monoisotopic (exact) mass is 289 g/mol. The van der Waals surface area contributed by atoms with Crippen molar-refractivity contribution in [3.63, 3.8) is 0 Å². The van der Waals surface area contributed by atoms with Crippen LogP contribution in [0.1, 0.15) is 33.3 Å². The minimum absolute atomic E-state index is 0.0564. The first-order valence-corrected chi connectivity index (χ1v) is 6.98. The third kappa shape index (κ3) is 7.92. The minimum Gasteiger partial charge on any atom is -0.444 e. The molecule has 1 aromatic carbocycles. The molecule has 0 saturated carbocycles. The zero-order chi connectivity index (χ0) is 15.9. The lowest BCUT2D eigenvalue weighted by Gasteiger charge is -2.22. The van der Waals surface area contributed by atoms with E-state index in [1.54, 1.807) is 6.08 Å². The second-order valence-electron chi connectivity index (χ2n) is 5.91. The highest BCUT2D eigenvalue weighted by Crippen LogP contribution is 2.09. The molecule has 0 saturated heterocycles. The van der Waals surface area contributed by atoms with Gasteiger partial charge in [0.25, 0.3) is 0 Å². The standard InChI is InChI=1S/C17H23NO3/c1-13(19)10-11-15(12-14-8-6-5-7-9-14)18-16(20)21-17(2,3)4/h5-11,15H,12H2,1-4H3,(H,18,20)/b11-10+. The third-order valence-corrected chi connectivity index (χ3v) is 2.56. The predicted molar refractivity (Wildman–Crippen MR) is 83.1 cm³/mol. The Balaban J connectivity index is 2.73. The third-order valence-electron chi connectivity index (χ3n) is 2.56. The van der Waals surface area contributed by atoms with E-state index in [1.165, 1.54) is 13.0 Å². The van der Waals surface area contributed by atoms with Gasteiger partial charge >= 0.3 is 6.09 Å². The number of benzene rings is 1. The van der Waals surface area contributed by atoms with Gasteiger partial charge in [0, 0.05) is 0 Å². The van der Waals surface area contributed by atoms with Gasteiger partial charge in [-0.15, -0.1) is 0 Å². The van der Waals surface area contributed by atoms with Gasteiger partial charge in [-0.25, -0.2) is 4.79 Å². The molecule has 4 heteroatoms. The number of carbonyl (C=O) groups excluding carboxylic acids is 2. The highest BCUT2D eigenvalue weighted by atomic mass is 16.6. The molecule has 0 spiro atoms. The van der Waals surface area contributed by atoms with E-state index in [0.717, 1.165) is 5.56 Å². The maximum Gasteiger partial charge on any atom is 0.408 e. The molecule has 114 valence electrons. The fraction of sp³-hybridized carbons (Fsp3) is 0.412. The molecule has 0 radical (unpaired) electrons. The van der Waals surface area contributed by atoms with E-state index < -0.39 is 11.7 Å². The Morgan fingerprint density at radius 1 is 1.24 bits per heavy atom. The van der Waals surface area contributed by atoms with Gasteiger partial charge in [-0.2, -0.15) is 0 Å². The molecule has 0 heterocycles. The molecule has 1 aromatic rings. The molecule has 1 unspecified atom stereocenters. The fourth-order valence-corrected chi connectivity index (χ4v) is 1.75. The molecule has 1 N–H and O–H groups in total. The summed E-state index contributed by atoms with van der Waals surface area (Å²) in [4.78, 5) is 22.9. The van der Waals surface area contributed by atoms with Crippen molar-refractivity contribution in [3.05, 3.63) is 48.0 Å². The fourth-order valence-electron chi connectivity index (χ4n) is 1.75. The summed E-state index contributed by atoms with van der Waals surface area (Å²) in [6, 6.07) is 9.48. The summed E-state index contributed by atoms with van der Waals surface area (Å²) in [6.07, 6.45) is 3.27. The zero-order valence-corrected chi connectivity index (χ0v) is 13.1. The van der Waals surface area contributed by atoms with Crippen LogP contribution in [-0.4, -0.2) is 23.5 Å². The van der Waals surface area contributed by atoms with Crippen molar-refractivity contribution >= 4 is 11.9 Å². The van der Waals surface area contributed by atoms with Gasteiger partial charge in [-0.05, 0) is 45.8 Å². The molecule has 0 aromatic heterocycles. The summed E-state index contributed by atoms with van der Waals surface area (Å²) < 4.78 is 5.24. The second kappa shape index (κ2) is 7.62. The van der Waals surface area contributed by atoms with Crippen molar-refractivity contribution < 1.29 is 14.3 Å². The number of ketones is 1. The zero-order valence-electron chi connectivity index (χ0n) is 13.1. The van der Waals surface area contributed by atoms with Gasteiger partial charge in [-0.3, -0.25) is 4.79 Å². The first-order valence-electron chi connectivity index (χ1n) is 6.98. The molecule has 1 atom stereocenters. The summed E-state index contributed by atoms with van der Waals surface area (Å²) in [6.45, 7) is 6.90. The molecule has 1 rings (SSSR count). The van der Waals surface area contributed by atoms with Gasteiger partial charge in [0.05, 0.1) is 6.04 Å². The normalized spacial score (nSPS) is 13.0. The number of nitrogens with one attached hydrogen (secondary N) is 1. The van der Waals surface area contributed by atoms with Gasteiger partial charge in [0.1, 0.15) is 5.60 Å². The van der Waals surface area contributed by atoms with Gasteiger partial charge in [-0.1, -0.05) is 36.4 Å². The molecule has 1 amide bonds. The molecule has 0 fully saturated rings. The molecule has 21 heavy (non-hydrogen) atoms. The van der Waals surface area contributed by atoms with Crippen LogP contribution in [0, 0.1) is 0 Å². The van der Waals surface area contributed by atoms with Crippen LogP contribution in [0.15, 0.2) is 42.5 Å². The lowest BCUT2D eigenvalue weighted by atomic mass is 10.1. The average molecular weight is 289 g/mol. The molecule has 0 aliphatic rings. The van der Waals surface area contributed by atoms with Crippen molar-refractivity contribution in [2.75, 3.05) is 0 Å². The largest absolute Gasteiger partial charge is 0.444 e. The number of allylic oxidation sites excluding steroid dienone is 1. The molecule has 4 nitrogen and oxygen atoms in total. The number of rotatable bonds is 5. The molecule has 0 bridgehead atoms. The highest BCUT2D eigenvalue weighted by molar-refractivity contribution is 5.87. The Morgan fingerprint density at radius 3 is 2.38 bits per heavy atom. The number of carbonyl (C=O) groups is 2. The molecule has 0 aliphatic carbocycles. The maximum absolute atomic E-state index is 11.9. The smallest absolute Gasteiger partial charge is 0.408 e. The minimum atomic E-state index is -0.550. The maximum atomic E-state index is 11.9. The van der Waals surface area contributed by atoms with Gasteiger partial charge in [0.15, 0.2) is 5.78 Å². The summed E-state index contributed by atoms with van der Waals surface area (Å²) in [5.74, 6) is -0.0564. The van der Waals surface area contributed by atoms with Crippen LogP contribution in [0.2, 0.25) is 0 Å². The van der Waals surface area contributed by atoms with Crippen LogP contribution in [0.3, 0.4) is 0 Å². The summed E-state index contributed by atoms with van der Waals surface area (Å²) in [7, 11) is 0. The van der Waals surface area contributed by atoms with E-state index in [4.69, 9.17) is 4.74 Å². The molecular formula is C17H23NO3. The van der Waals surface area contributed by atoms with E-state index in [0.29, 0.717) is 6.42 Å². The van der Waals surface area contributed by atoms with Crippen molar-refractivity contribution in [3.8, 4) is 0 Å². The SMILES string of the molecule is CC(=O)/C=C/C(Cc1ccccc1)NC(=O)OC(C)(C)C. The Kier molecular flexibility index (Phi) is 6.15. The van der Waals surface area contributed by atoms with Crippen molar-refractivity contribution in [1.82, 2.24) is 5.32 Å². The van der Waals surface area contributed by atoms with E-state index in [2.05, 4.69) is 5.32 Å². The second-order valence-corrected chi connectivity index (χ2v) is 5.91. The van der Waals surface area contributed by atoms with Crippen molar-refractivity contribution in [2.24, 2.45) is 0 Å². The molecule has 0 aliphatic heterocycles. The van der Waals surface area contributed by atoms with Crippen LogP contribution in [0.5, 0.6) is 0 Å². The number of hydrogen-bond donors (Lipinski definition) is 1. The number of amides is 1. The van der Waals surface area contributed by atoms with E-state index >= 15 is 0 Å². The van der Waals surface area contributed by atoms with Crippen LogP contribution in [0.4, 0.5) is 4.79 Å². The lowest BCUT2D eigenvalue weighted by molar-refractivity contribution is -0.112. The van der Waals surface area contributed by atoms with E-state index in [1.807, 2.05) is 51.1 Å². The van der Waals surface area contributed by atoms with Gasteiger partial charge in [0.2, 0.25) is 0 Å². The predicted octanol–water partition coefficient (Wildman–Crippen LogP) is 3.27. The van der Waals surface area contributed by atoms with Crippen LogP contribution in [0.25, 0.3) is 0 Å². The summed E-state index contributed by atoms with van der Waals surface area (Å²) in [5, 5.41) is 2.78. The topological polar surface area (TPSA) is 55.4 Å². The number of alkyl carbamates (subject to hydrolysis) is 1. The first kappa shape index (κ1) is 17.0. The Bertz CT molecular complexity index is 501. The van der Waals surface area contributed by atoms with Crippen LogP contribution in [-0.2, 0) is 16.0 Å². The summed E-state index contributed by atoms with van der Waals surface area (Å²) in [5.41, 5.74) is 0.526. The average Bonchev–Trinajstić information content (AvgIpc) is 2.34. The van der Waals surface area contributed by atoms with E-state index in [9.17, 15) is 9.59 Å². The van der Waals surface area contributed by atoms with Crippen LogP contribution >= 0.6 is 0 Å². The lowest BCUT2D eigenvalue weighted by Crippen LogP contribution is -2.39. The summed E-state index contributed by atoms with van der Waals surface area (Å²) >= 11 is 0.